The molecule has 0 aliphatic heterocycles. The minimum Gasteiger partial charge on any atom is -0.478 e. The smallest absolute Gasteiger partial charge is 0.337 e. The van der Waals surface area contributed by atoms with Gasteiger partial charge in [-0.2, -0.15) is 4.98 Å². The van der Waals surface area contributed by atoms with Crippen LogP contribution in [0.2, 0.25) is 0 Å². The summed E-state index contributed by atoms with van der Waals surface area (Å²) in [5.74, 6) is -1.32. The minimum atomic E-state index is -1.15. The summed E-state index contributed by atoms with van der Waals surface area (Å²) in [6.45, 7) is 0. The molecule has 3 N–H and O–H groups in total. The number of anilines is 1. The molecule has 0 saturated carbocycles. The lowest BCUT2D eigenvalue weighted by Crippen LogP contribution is -2.01. The highest BCUT2D eigenvalue weighted by Crippen LogP contribution is 2.25. The zero-order chi connectivity index (χ0) is 14.7. The molecule has 2 aromatic heterocycles. The minimum absolute atomic E-state index is 0.00237. The number of rotatable bonds is 4. The van der Waals surface area contributed by atoms with E-state index in [-0.39, 0.29) is 28.7 Å². The Hall–Kier alpha value is -3.23. The van der Waals surface area contributed by atoms with Gasteiger partial charge in [0.2, 0.25) is 11.7 Å². The number of carboxylic acid groups (broad SMARTS) is 1. The van der Waals surface area contributed by atoms with Crippen molar-refractivity contribution in [2.75, 3.05) is 5.73 Å². The molecule has 0 aromatic carbocycles. The van der Waals surface area contributed by atoms with Crippen molar-refractivity contribution in [2.45, 2.75) is 0 Å². The summed E-state index contributed by atoms with van der Waals surface area (Å²) in [6, 6.07) is 3.64. The standard InChI is InChI=1S/C11H8N4O5/c12-10-8(15(18)19)1-2-9(14-10)20-7-3-6(11(16)17)4-13-5-7/h1-5H,(H2,12,14)(H,16,17). The first-order chi connectivity index (χ1) is 9.47. The van der Waals surface area contributed by atoms with E-state index in [1.165, 1.54) is 18.3 Å². The highest BCUT2D eigenvalue weighted by atomic mass is 16.6. The van der Waals surface area contributed by atoms with Crippen LogP contribution < -0.4 is 10.5 Å². The molecule has 0 aliphatic rings. The van der Waals surface area contributed by atoms with Crippen LogP contribution in [0.4, 0.5) is 11.5 Å². The van der Waals surface area contributed by atoms with Gasteiger partial charge in [-0.25, -0.2) is 4.79 Å². The van der Waals surface area contributed by atoms with Crippen molar-refractivity contribution in [3.05, 3.63) is 46.3 Å². The van der Waals surface area contributed by atoms with Gasteiger partial charge >= 0.3 is 11.7 Å². The number of nitrogens with zero attached hydrogens (tertiary/aromatic N) is 3. The second kappa shape index (κ2) is 5.18. The maximum atomic E-state index is 10.8. The van der Waals surface area contributed by atoms with Gasteiger partial charge in [-0.05, 0) is 6.07 Å². The Balaban J connectivity index is 2.26. The third-order valence-electron chi connectivity index (χ3n) is 2.26. The van der Waals surface area contributed by atoms with Gasteiger partial charge in [-0.15, -0.1) is 0 Å². The molecule has 0 spiro atoms. The number of carboxylic acids is 1. The molecule has 2 heterocycles. The van der Waals surface area contributed by atoms with Gasteiger partial charge in [0.1, 0.15) is 5.75 Å². The van der Waals surface area contributed by atoms with Crippen LogP contribution in [0.15, 0.2) is 30.6 Å². The van der Waals surface area contributed by atoms with E-state index < -0.39 is 10.9 Å². The Labute approximate surface area is 111 Å². The van der Waals surface area contributed by atoms with Crippen molar-refractivity contribution in [2.24, 2.45) is 0 Å². The second-order valence-corrected chi connectivity index (χ2v) is 3.63. The van der Waals surface area contributed by atoms with E-state index in [4.69, 9.17) is 15.6 Å². The molecule has 20 heavy (non-hydrogen) atoms. The fourth-order valence-electron chi connectivity index (χ4n) is 1.37. The zero-order valence-electron chi connectivity index (χ0n) is 9.89. The van der Waals surface area contributed by atoms with Crippen molar-refractivity contribution in [3.8, 4) is 11.6 Å². The predicted octanol–water partition coefficient (Wildman–Crippen LogP) is 1.46. The van der Waals surface area contributed by atoms with Crippen molar-refractivity contribution < 1.29 is 19.6 Å². The number of nitro groups is 1. The Morgan fingerprint density at radius 2 is 2.15 bits per heavy atom. The zero-order valence-corrected chi connectivity index (χ0v) is 9.89. The van der Waals surface area contributed by atoms with E-state index in [0.717, 1.165) is 12.3 Å². The van der Waals surface area contributed by atoms with Gasteiger partial charge in [-0.3, -0.25) is 15.1 Å². The molecule has 9 nitrogen and oxygen atoms in total. The third kappa shape index (κ3) is 2.77. The number of nitrogen functional groups attached to an aromatic ring is 1. The molecular weight excluding hydrogens is 268 g/mol. The monoisotopic (exact) mass is 276 g/mol. The van der Waals surface area contributed by atoms with Crippen LogP contribution in [0.1, 0.15) is 10.4 Å². The largest absolute Gasteiger partial charge is 0.478 e. The first kappa shape index (κ1) is 13.2. The number of aromatic carboxylic acids is 1. The first-order valence-electron chi connectivity index (χ1n) is 5.24. The molecule has 9 heteroatoms. The molecule has 0 fully saturated rings. The highest BCUT2D eigenvalue weighted by molar-refractivity contribution is 5.87. The summed E-state index contributed by atoms with van der Waals surface area (Å²) < 4.78 is 5.25. The van der Waals surface area contributed by atoms with Crippen molar-refractivity contribution in [3.63, 3.8) is 0 Å². The molecule has 0 bridgehead atoms. The maximum Gasteiger partial charge on any atom is 0.337 e. The van der Waals surface area contributed by atoms with Crippen LogP contribution in [-0.4, -0.2) is 26.0 Å². The maximum absolute atomic E-state index is 10.8. The quantitative estimate of drug-likeness (QED) is 0.631. The Kier molecular flexibility index (Phi) is 3.42. The van der Waals surface area contributed by atoms with Gasteiger partial charge in [0, 0.05) is 18.3 Å². The third-order valence-corrected chi connectivity index (χ3v) is 2.26. The van der Waals surface area contributed by atoms with Gasteiger partial charge in [-0.1, -0.05) is 0 Å². The van der Waals surface area contributed by atoms with Gasteiger partial charge < -0.3 is 15.6 Å². The van der Waals surface area contributed by atoms with E-state index in [1.807, 2.05) is 0 Å². The van der Waals surface area contributed by atoms with Crippen molar-refractivity contribution in [1.29, 1.82) is 0 Å². The summed E-state index contributed by atoms with van der Waals surface area (Å²) in [5, 5.41) is 19.4. The van der Waals surface area contributed by atoms with Gasteiger partial charge in [0.25, 0.3) is 0 Å². The summed E-state index contributed by atoms with van der Waals surface area (Å²) in [7, 11) is 0. The van der Waals surface area contributed by atoms with Gasteiger partial charge in [0.05, 0.1) is 16.7 Å². The Morgan fingerprint density at radius 1 is 1.40 bits per heavy atom. The lowest BCUT2D eigenvalue weighted by Gasteiger charge is -2.05. The number of aromatic nitrogens is 2. The normalized spacial score (nSPS) is 10.0. The molecule has 2 aromatic rings. The molecule has 0 atom stereocenters. The summed E-state index contributed by atoms with van der Waals surface area (Å²) >= 11 is 0. The number of carbonyl (C=O) groups is 1. The molecular formula is C11H8N4O5. The predicted molar refractivity (Wildman–Crippen MR) is 66.6 cm³/mol. The first-order valence-corrected chi connectivity index (χ1v) is 5.24. The van der Waals surface area contributed by atoms with Crippen LogP contribution in [0.3, 0.4) is 0 Å². The topological polar surface area (TPSA) is 141 Å². The SMILES string of the molecule is Nc1nc(Oc2cncc(C(=O)O)c2)ccc1[N+](=O)[O-]. The van der Waals surface area contributed by atoms with Crippen molar-refractivity contribution in [1.82, 2.24) is 9.97 Å². The molecule has 0 unspecified atom stereocenters. The van der Waals surface area contributed by atoms with E-state index in [0.29, 0.717) is 0 Å². The average Bonchev–Trinajstić information content (AvgIpc) is 2.38. The van der Waals surface area contributed by atoms with Crippen molar-refractivity contribution >= 4 is 17.5 Å². The Morgan fingerprint density at radius 3 is 2.75 bits per heavy atom. The van der Waals surface area contributed by atoms with Gasteiger partial charge in [0.15, 0.2) is 0 Å². The molecule has 0 radical (unpaired) electrons. The number of ether oxygens (including phenoxy) is 1. The lowest BCUT2D eigenvalue weighted by atomic mass is 10.3. The molecule has 2 rings (SSSR count). The van der Waals surface area contributed by atoms with Crippen LogP contribution in [0.25, 0.3) is 0 Å². The van der Waals surface area contributed by atoms with Crippen LogP contribution >= 0.6 is 0 Å². The average molecular weight is 276 g/mol. The van der Waals surface area contributed by atoms with E-state index in [1.54, 1.807) is 0 Å². The molecule has 102 valence electrons. The van der Waals surface area contributed by atoms with Crippen LogP contribution in [0.5, 0.6) is 11.6 Å². The Bertz CT molecular complexity index is 688. The van der Waals surface area contributed by atoms with Crippen LogP contribution in [0, 0.1) is 10.1 Å². The fourth-order valence-corrected chi connectivity index (χ4v) is 1.37. The number of pyridine rings is 2. The second-order valence-electron chi connectivity index (χ2n) is 3.63. The number of hydrogen-bond acceptors (Lipinski definition) is 7. The van der Waals surface area contributed by atoms with Crippen LogP contribution in [-0.2, 0) is 0 Å². The highest BCUT2D eigenvalue weighted by Gasteiger charge is 2.14. The van der Waals surface area contributed by atoms with E-state index in [9.17, 15) is 14.9 Å². The summed E-state index contributed by atoms with van der Waals surface area (Å²) in [5.41, 5.74) is 5.02. The van der Waals surface area contributed by atoms with E-state index in [2.05, 4.69) is 9.97 Å². The fraction of sp³-hybridized carbons (Fsp3) is 0. The number of hydrogen-bond donors (Lipinski definition) is 2. The summed E-state index contributed by atoms with van der Waals surface area (Å²) in [4.78, 5) is 28.1. The molecule has 0 aliphatic carbocycles. The summed E-state index contributed by atoms with van der Waals surface area (Å²) in [6.07, 6.45) is 2.44. The lowest BCUT2D eigenvalue weighted by molar-refractivity contribution is -0.384. The van der Waals surface area contributed by atoms with E-state index >= 15 is 0 Å². The molecule has 0 amide bonds. The molecule has 0 saturated heterocycles. The number of nitrogens with two attached hydrogens (primary N) is 1.